The van der Waals surface area contributed by atoms with Gasteiger partial charge in [0.05, 0.1) is 11.4 Å². The Bertz CT molecular complexity index is 775. The molecule has 0 saturated carbocycles. The molecular weight excluding hydrogens is 310 g/mol. The van der Waals surface area contributed by atoms with Gasteiger partial charge in [-0.25, -0.2) is 8.78 Å². The molecule has 3 nitrogen and oxygen atoms in total. The van der Waals surface area contributed by atoms with Crippen LogP contribution in [0.5, 0.6) is 0 Å². The van der Waals surface area contributed by atoms with Gasteiger partial charge in [-0.15, -0.1) is 0 Å². The Morgan fingerprint density at radius 2 is 1.92 bits per heavy atom. The SMILES string of the molecule is Fc1cc2[nH]c3c(c2cc1F)CCCC3=NCCC1CCOCC1. The topological polar surface area (TPSA) is 37.4 Å². The lowest BCUT2D eigenvalue weighted by Gasteiger charge is -2.21. The van der Waals surface area contributed by atoms with Crippen molar-refractivity contribution in [3.05, 3.63) is 35.0 Å². The second-order valence-electron chi connectivity index (χ2n) is 6.82. The summed E-state index contributed by atoms with van der Waals surface area (Å²) in [7, 11) is 0. The highest BCUT2D eigenvalue weighted by atomic mass is 19.2. The van der Waals surface area contributed by atoms with Crippen molar-refractivity contribution in [1.82, 2.24) is 4.98 Å². The zero-order valence-corrected chi connectivity index (χ0v) is 13.7. The fourth-order valence-corrected chi connectivity index (χ4v) is 3.88. The van der Waals surface area contributed by atoms with Crippen molar-refractivity contribution in [2.45, 2.75) is 38.5 Å². The van der Waals surface area contributed by atoms with Gasteiger partial charge in [-0.1, -0.05) is 0 Å². The first-order valence-electron chi connectivity index (χ1n) is 8.83. The van der Waals surface area contributed by atoms with Gasteiger partial charge in [0, 0.05) is 36.7 Å². The first-order chi connectivity index (χ1) is 11.7. The minimum absolute atomic E-state index is 0.665. The molecule has 1 aliphatic carbocycles. The number of hydrogen-bond acceptors (Lipinski definition) is 2. The van der Waals surface area contributed by atoms with Crippen LogP contribution in [-0.2, 0) is 11.2 Å². The second-order valence-corrected chi connectivity index (χ2v) is 6.82. The summed E-state index contributed by atoms with van der Waals surface area (Å²) >= 11 is 0. The van der Waals surface area contributed by atoms with Gasteiger partial charge >= 0.3 is 0 Å². The van der Waals surface area contributed by atoms with E-state index in [0.717, 1.165) is 80.6 Å². The van der Waals surface area contributed by atoms with Crippen LogP contribution in [0.1, 0.15) is 43.4 Å². The second kappa shape index (κ2) is 6.63. The average Bonchev–Trinajstić information content (AvgIpc) is 2.95. The van der Waals surface area contributed by atoms with Gasteiger partial charge in [0.1, 0.15) is 0 Å². The summed E-state index contributed by atoms with van der Waals surface area (Å²) in [4.78, 5) is 8.08. The van der Waals surface area contributed by atoms with Crippen LogP contribution in [-0.4, -0.2) is 30.5 Å². The molecule has 1 aromatic carbocycles. The molecule has 1 N–H and O–H groups in total. The summed E-state index contributed by atoms with van der Waals surface area (Å²) in [6.45, 7) is 2.55. The van der Waals surface area contributed by atoms with Crippen LogP contribution in [0.2, 0.25) is 0 Å². The molecule has 1 aliphatic heterocycles. The highest BCUT2D eigenvalue weighted by molar-refractivity contribution is 6.06. The van der Waals surface area contributed by atoms with Crippen molar-refractivity contribution in [2.75, 3.05) is 19.8 Å². The van der Waals surface area contributed by atoms with E-state index in [1.807, 2.05) is 0 Å². The molecule has 0 unspecified atom stereocenters. The van der Waals surface area contributed by atoms with Crippen molar-refractivity contribution < 1.29 is 13.5 Å². The number of fused-ring (bicyclic) bond motifs is 3. The van der Waals surface area contributed by atoms with Crippen LogP contribution in [0.4, 0.5) is 8.78 Å². The highest BCUT2D eigenvalue weighted by Gasteiger charge is 2.22. The maximum absolute atomic E-state index is 13.6. The van der Waals surface area contributed by atoms with E-state index in [1.165, 1.54) is 12.1 Å². The number of benzene rings is 1. The Morgan fingerprint density at radius 3 is 2.75 bits per heavy atom. The zero-order chi connectivity index (χ0) is 16.5. The average molecular weight is 332 g/mol. The molecule has 4 rings (SSSR count). The number of aromatic amines is 1. The van der Waals surface area contributed by atoms with E-state index in [9.17, 15) is 8.78 Å². The van der Waals surface area contributed by atoms with Crippen molar-refractivity contribution in [3.63, 3.8) is 0 Å². The van der Waals surface area contributed by atoms with E-state index in [4.69, 9.17) is 9.73 Å². The summed E-state index contributed by atoms with van der Waals surface area (Å²) in [5, 5.41) is 0.792. The van der Waals surface area contributed by atoms with Gasteiger partial charge in [-0.2, -0.15) is 0 Å². The van der Waals surface area contributed by atoms with Crippen LogP contribution in [0, 0.1) is 17.6 Å². The molecule has 0 atom stereocenters. The number of aryl methyl sites for hydroxylation is 1. The monoisotopic (exact) mass is 332 g/mol. The quantitative estimate of drug-likeness (QED) is 0.889. The van der Waals surface area contributed by atoms with Crippen molar-refractivity contribution in [1.29, 1.82) is 0 Å². The molecule has 0 radical (unpaired) electrons. The normalized spacial score (nSPS) is 20.7. The van der Waals surface area contributed by atoms with Crippen LogP contribution in [0.3, 0.4) is 0 Å². The van der Waals surface area contributed by atoms with E-state index < -0.39 is 11.6 Å². The minimum Gasteiger partial charge on any atom is -0.381 e. The number of halogens is 2. The molecule has 128 valence electrons. The lowest BCUT2D eigenvalue weighted by Crippen LogP contribution is -2.17. The lowest BCUT2D eigenvalue weighted by molar-refractivity contribution is 0.0647. The number of nitrogens with one attached hydrogen (secondary N) is 1. The number of aromatic nitrogens is 1. The number of nitrogens with zero attached hydrogens (tertiary/aromatic N) is 1. The maximum atomic E-state index is 13.6. The van der Waals surface area contributed by atoms with Gasteiger partial charge in [-0.05, 0) is 56.1 Å². The Morgan fingerprint density at radius 1 is 1.12 bits per heavy atom. The van der Waals surface area contributed by atoms with E-state index in [2.05, 4.69) is 4.98 Å². The molecule has 24 heavy (non-hydrogen) atoms. The van der Waals surface area contributed by atoms with Crippen molar-refractivity contribution in [3.8, 4) is 0 Å². The Labute approximate surface area is 140 Å². The van der Waals surface area contributed by atoms with Gasteiger partial charge in [-0.3, -0.25) is 4.99 Å². The lowest BCUT2D eigenvalue weighted by atomic mass is 9.93. The number of ether oxygens (including phenoxy) is 1. The molecule has 1 saturated heterocycles. The molecule has 2 aromatic rings. The zero-order valence-electron chi connectivity index (χ0n) is 13.7. The molecule has 5 heteroatoms. The predicted molar refractivity (Wildman–Crippen MR) is 90.7 cm³/mol. The van der Waals surface area contributed by atoms with Gasteiger partial charge in [0.25, 0.3) is 0 Å². The third kappa shape index (κ3) is 2.97. The van der Waals surface area contributed by atoms with E-state index >= 15 is 0 Å². The molecule has 0 bridgehead atoms. The Hall–Kier alpha value is -1.75. The first kappa shape index (κ1) is 15.8. The third-order valence-corrected chi connectivity index (χ3v) is 5.26. The summed E-state index contributed by atoms with van der Waals surface area (Å²) < 4.78 is 32.4. The van der Waals surface area contributed by atoms with Gasteiger partial charge < -0.3 is 9.72 Å². The highest BCUT2D eigenvalue weighted by Crippen LogP contribution is 2.31. The molecule has 0 amide bonds. The Balaban J connectivity index is 1.57. The fraction of sp³-hybridized carbons (Fsp3) is 0.526. The minimum atomic E-state index is -0.806. The summed E-state index contributed by atoms with van der Waals surface area (Å²) in [5.41, 5.74) is 3.78. The number of H-pyrrole nitrogens is 1. The largest absolute Gasteiger partial charge is 0.381 e. The summed E-state index contributed by atoms with van der Waals surface area (Å²) in [6.07, 6.45) is 6.17. The fourth-order valence-electron chi connectivity index (χ4n) is 3.88. The molecule has 1 fully saturated rings. The molecule has 2 aliphatic rings. The Kier molecular flexibility index (Phi) is 4.35. The third-order valence-electron chi connectivity index (χ3n) is 5.26. The summed E-state index contributed by atoms with van der Waals surface area (Å²) in [6, 6.07) is 2.56. The van der Waals surface area contributed by atoms with E-state index in [1.54, 1.807) is 0 Å². The number of rotatable bonds is 3. The van der Waals surface area contributed by atoms with Crippen molar-refractivity contribution >= 4 is 16.6 Å². The predicted octanol–water partition coefficient (Wildman–Crippen LogP) is 4.39. The van der Waals surface area contributed by atoms with Gasteiger partial charge in [0.15, 0.2) is 11.6 Å². The standard InChI is InChI=1S/C19H22F2N2O/c20-15-10-14-13-2-1-3-17(19(13)23-18(14)11-16(15)21)22-7-4-12-5-8-24-9-6-12/h10-12,23H,1-9H2. The van der Waals surface area contributed by atoms with Gasteiger partial charge in [0.2, 0.25) is 0 Å². The number of hydrogen-bond donors (Lipinski definition) is 1. The molecule has 2 heterocycles. The van der Waals surface area contributed by atoms with Crippen LogP contribution >= 0.6 is 0 Å². The molecular formula is C19H22F2N2O. The van der Waals surface area contributed by atoms with Crippen molar-refractivity contribution in [2.24, 2.45) is 10.9 Å². The molecule has 0 spiro atoms. The smallest absolute Gasteiger partial charge is 0.160 e. The van der Waals surface area contributed by atoms with E-state index in [-0.39, 0.29) is 0 Å². The number of aliphatic imine (C=N–C) groups is 1. The maximum Gasteiger partial charge on any atom is 0.160 e. The van der Waals surface area contributed by atoms with Crippen LogP contribution in [0.15, 0.2) is 17.1 Å². The first-order valence-corrected chi connectivity index (χ1v) is 8.83. The van der Waals surface area contributed by atoms with Crippen LogP contribution in [0.25, 0.3) is 10.9 Å². The molecule has 1 aromatic heterocycles. The van der Waals surface area contributed by atoms with E-state index in [0.29, 0.717) is 11.4 Å². The van der Waals surface area contributed by atoms with Crippen LogP contribution < -0.4 is 0 Å². The summed E-state index contributed by atoms with van der Waals surface area (Å²) in [5.74, 6) is -0.885.